The van der Waals surface area contributed by atoms with Gasteiger partial charge in [-0.05, 0) is 18.2 Å². The van der Waals surface area contributed by atoms with Gasteiger partial charge in [0.1, 0.15) is 17.5 Å². The fourth-order valence-corrected chi connectivity index (χ4v) is 2.22. The number of rotatable bonds is 3. The van der Waals surface area contributed by atoms with Crippen LogP contribution in [0.15, 0.2) is 30.6 Å². The van der Waals surface area contributed by atoms with E-state index in [-0.39, 0.29) is 11.9 Å². The molecule has 7 nitrogen and oxygen atoms in total. The molecule has 0 radical (unpaired) electrons. The Hall–Kier alpha value is -2.88. The lowest BCUT2D eigenvalue weighted by molar-refractivity contribution is 0.0924. The van der Waals surface area contributed by atoms with Crippen molar-refractivity contribution in [1.82, 2.24) is 20.1 Å². The first kappa shape index (κ1) is 13.1. The van der Waals surface area contributed by atoms with Gasteiger partial charge in [0.2, 0.25) is 0 Å². The zero-order valence-corrected chi connectivity index (χ0v) is 11.5. The molecule has 0 unspecified atom stereocenters. The highest BCUT2D eigenvalue weighted by Crippen LogP contribution is 2.20. The summed E-state index contributed by atoms with van der Waals surface area (Å²) < 4.78 is 1.60. The molecule has 0 spiro atoms. The van der Waals surface area contributed by atoms with E-state index in [1.165, 1.54) is 0 Å². The van der Waals surface area contributed by atoms with Crippen LogP contribution in [0.5, 0.6) is 0 Å². The molecular weight excluding hydrogens is 268 g/mol. The van der Waals surface area contributed by atoms with Crippen molar-refractivity contribution >= 4 is 11.6 Å². The van der Waals surface area contributed by atoms with Gasteiger partial charge in [0.15, 0.2) is 0 Å². The second-order valence-electron chi connectivity index (χ2n) is 4.96. The van der Waals surface area contributed by atoms with Gasteiger partial charge in [0.25, 0.3) is 5.91 Å². The molecular formula is C14H14N6O. The predicted octanol–water partition coefficient (Wildman–Crippen LogP) is 0.305. The van der Waals surface area contributed by atoms with Crippen molar-refractivity contribution < 1.29 is 4.79 Å². The van der Waals surface area contributed by atoms with Crippen molar-refractivity contribution in [3.8, 4) is 6.07 Å². The van der Waals surface area contributed by atoms with Gasteiger partial charge in [-0.3, -0.25) is 9.48 Å². The molecule has 0 aliphatic carbocycles. The second kappa shape index (κ2) is 5.25. The third kappa shape index (κ3) is 2.69. The third-order valence-corrected chi connectivity index (χ3v) is 3.39. The van der Waals surface area contributed by atoms with E-state index in [9.17, 15) is 4.79 Å². The van der Waals surface area contributed by atoms with Crippen molar-refractivity contribution in [3.63, 3.8) is 0 Å². The van der Waals surface area contributed by atoms with Crippen molar-refractivity contribution in [2.75, 3.05) is 18.0 Å². The van der Waals surface area contributed by atoms with E-state index in [1.807, 2.05) is 12.1 Å². The van der Waals surface area contributed by atoms with Crippen LogP contribution in [0, 0.1) is 11.3 Å². The summed E-state index contributed by atoms with van der Waals surface area (Å²) in [6.45, 7) is 1.46. The Bertz CT molecular complexity index is 693. The van der Waals surface area contributed by atoms with Crippen LogP contribution in [0.25, 0.3) is 0 Å². The van der Waals surface area contributed by atoms with Crippen molar-refractivity contribution in [2.45, 2.75) is 6.04 Å². The Kier molecular flexibility index (Phi) is 3.28. The summed E-state index contributed by atoms with van der Waals surface area (Å²) in [5.74, 6) is -0.154. The summed E-state index contributed by atoms with van der Waals surface area (Å²) in [6.07, 6.45) is 3.42. The van der Waals surface area contributed by atoms with Crippen LogP contribution in [-0.4, -0.2) is 39.8 Å². The summed E-state index contributed by atoms with van der Waals surface area (Å²) in [6, 6.07) is 7.34. The fourth-order valence-electron chi connectivity index (χ4n) is 2.22. The number of amides is 1. The van der Waals surface area contributed by atoms with Crippen LogP contribution in [0.2, 0.25) is 0 Å². The average Bonchev–Trinajstić information content (AvgIpc) is 2.89. The maximum absolute atomic E-state index is 11.9. The minimum absolute atomic E-state index is 0.107. The van der Waals surface area contributed by atoms with E-state index < -0.39 is 0 Å². The molecule has 1 saturated heterocycles. The van der Waals surface area contributed by atoms with E-state index >= 15 is 0 Å². The molecule has 1 aliphatic rings. The molecule has 0 atom stereocenters. The van der Waals surface area contributed by atoms with Crippen LogP contribution in [-0.2, 0) is 7.05 Å². The number of carbonyl (C=O) groups excluding carboxylic acids is 1. The number of nitrogens with one attached hydrogen (secondary N) is 1. The molecule has 0 saturated carbocycles. The number of pyridine rings is 1. The monoisotopic (exact) mass is 282 g/mol. The van der Waals surface area contributed by atoms with Crippen LogP contribution in [0.1, 0.15) is 16.2 Å². The minimum Gasteiger partial charge on any atom is -0.366 e. The lowest BCUT2D eigenvalue weighted by atomic mass is 10.1. The Balaban J connectivity index is 1.53. The molecule has 3 rings (SSSR count). The number of aryl methyl sites for hydroxylation is 1. The lowest BCUT2D eigenvalue weighted by Crippen LogP contribution is -2.59. The molecule has 1 N–H and O–H groups in total. The molecule has 21 heavy (non-hydrogen) atoms. The summed E-state index contributed by atoms with van der Waals surface area (Å²) in [7, 11) is 1.78. The molecule has 106 valence electrons. The van der Waals surface area contributed by atoms with Gasteiger partial charge in [-0.15, -0.1) is 0 Å². The number of carbonyl (C=O) groups is 1. The topological polar surface area (TPSA) is 86.8 Å². The van der Waals surface area contributed by atoms with E-state index in [0.717, 1.165) is 18.8 Å². The van der Waals surface area contributed by atoms with Gasteiger partial charge < -0.3 is 10.2 Å². The Morgan fingerprint density at radius 1 is 1.43 bits per heavy atom. The van der Waals surface area contributed by atoms with Gasteiger partial charge in [-0.25, -0.2) is 4.98 Å². The largest absolute Gasteiger partial charge is 0.366 e. The minimum atomic E-state index is -0.154. The molecule has 0 bridgehead atoms. The van der Waals surface area contributed by atoms with Crippen molar-refractivity contribution in [2.24, 2.45) is 7.05 Å². The zero-order chi connectivity index (χ0) is 14.8. The van der Waals surface area contributed by atoms with Gasteiger partial charge in [0, 0.05) is 26.3 Å². The summed E-state index contributed by atoms with van der Waals surface area (Å²) >= 11 is 0. The molecule has 1 aliphatic heterocycles. The van der Waals surface area contributed by atoms with Gasteiger partial charge >= 0.3 is 0 Å². The first-order chi connectivity index (χ1) is 10.2. The smallest absolute Gasteiger partial charge is 0.272 e. The highest BCUT2D eigenvalue weighted by molar-refractivity contribution is 5.92. The van der Waals surface area contributed by atoms with Gasteiger partial charge in [-0.2, -0.15) is 10.4 Å². The summed E-state index contributed by atoms with van der Waals surface area (Å²) in [5, 5.41) is 15.7. The van der Waals surface area contributed by atoms with Crippen LogP contribution in [0.3, 0.4) is 0 Å². The zero-order valence-electron chi connectivity index (χ0n) is 11.5. The normalized spacial score (nSPS) is 14.4. The van der Waals surface area contributed by atoms with Gasteiger partial charge in [-0.1, -0.05) is 0 Å². The summed E-state index contributed by atoms with van der Waals surface area (Å²) in [4.78, 5) is 18.1. The highest BCUT2D eigenvalue weighted by Gasteiger charge is 2.29. The molecule has 7 heteroatoms. The first-order valence-corrected chi connectivity index (χ1v) is 6.57. The number of aromatic nitrogens is 3. The highest BCUT2D eigenvalue weighted by atomic mass is 16.2. The van der Waals surface area contributed by atoms with E-state index in [2.05, 4.69) is 20.3 Å². The molecule has 0 aromatic carbocycles. The Morgan fingerprint density at radius 3 is 2.81 bits per heavy atom. The number of nitrogens with zero attached hydrogens (tertiary/aromatic N) is 5. The molecule has 2 aromatic rings. The quantitative estimate of drug-likeness (QED) is 0.875. The molecule has 3 heterocycles. The van der Waals surface area contributed by atoms with Crippen molar-refractivity contribution in [3.05, 3.63) is 42.0 Å². The van der Waals surface area contributed by atoms with E-state index in [1.54, 1.807) is 36.3 Å². The van der Waals surface area contributed by atoms with Crippen molar-refractivity contribution in [1.29, 1.82) is 5.26 Å². The fraction of sp³-hybridized carbons (Fsp3) is 0.286. The average molecular weight is 282 g/mol. The predicted molar refractivity (Wildman–Crippen MR) is 75.6 cm³/mol. The maximum atomic E-state index is 11.9. The van der Waals surface area contributed by atoms with Gasteiger partial charge in [0.05, 0.1) is 17.9 Å². The number of hydrogen-bond donors (Lipinski definition) is 1. The molecule has 2 aromatic heterocycles. The standard InChI is InChI=1S/C14H14N6O/c1-19-5-4-13(18-19)14(21)17-11-8-20(9-11)12-3-2-10(6-15)16-7-12/h2-5,7,11H,8-9H2,1H3,(H,17,21). The summed E-state index contributed by atoms with van der Waals surface area (Å²) in [5.41, 5.74) is 1.78. The molecule has 1 fully saturated rings. The maximum Gasteiger partial charge on any atom is 0.272 e. The third-order valence-electron chi connectivity index (χ3n) is 3.39. The lowest BCUT2D eigenvalue weighted by Gasteiger charge is -2.40. The number of nitriles is 1. The molecule has 1 amide bonds. The number of anilines is 1. The van der Waals surface area contributed by atoms with E-state index in [4.69, 9.17) is 5.26 Å². The van der Waals surface area contributed by atoms with Crippen LogP contribution < -0.4 is 10.2 Å². The number of hydrogen-bond acceptors (Lipinski definition) is 5. The first-order valence-electron chi connectivity index (χ1n) is 6.57. The Labute approximate surface area is 121 Å². The SMILES string of the molecule is Cn1ccc(C(=O)NC2CN(c3ccc(C#N)nc3)C2)n1. The second-order valence-corrected chi connectivity index (χ2v) is 4.96. The van der Waals surface area contributed by atoms with Crippen LogP contribution >= 0.6 is 0 Å². The van der Waals surface area contributed by atoms with E-state index in [0.29, 0.717) is 11.4 Å². The Morgan fingerprint density at radius 2 is 2.24 bits per heavy atom. The van der Waals surface area contributed by atoms with Crippen LogP contribution in [0.4, 0.5) is 5.69 Å².